The summed E-state index contributed by atoms with van der Waals surface area (Å²) in [5, 5.41) is 12.8. The van der Waals surface area contributed by atoms with Gasteiger partial charge in [-0.2, -0.15) is 10.4 Å². The molecule has 0 aliphatic rings. The number of hydrogen-bond donors (Lipinski definition) is 0. The maximum Gasteiger partial charge on any atom is 0.341 e. The highest BCUT2D eigenvalue weighted by atomic mass is 16.5. The second kappa shape index (κ2) is 6.02. The molecule has 0 saturated carbocycles. The zero-order valence-electron chi connectivity index (χ0n) is 11.4. The predicted octanol–water partition coefficient (Wildman–Crippen LogP) is 2.69. The van der Waals surface area contributed by atoms with Gasteiger partial charge in [0.05, 0.1) is 23.4 Å². The third kappa shape index (κ3) is 3.04. The van der Waals surface area contributed by atoms with Gasteiger partial charge in [0, 0.05) is 12.7 Å². The van der Waals surface area contributed by atoms with Crippen molar-refractivity contribution in [3.05, 3.63) is 53.3 Å². The number of aromatic nitrogens is 2. The van der Waals surface area contributed by atoms with Gasteiger partial charge in [-0.25, -0.2) is 4.79 Å². The van der Waals surface area contributed by atoms with Gasteiger partial charge in [-0.15, -0.1) is 0 Å². The highest BCUT2D eigenvalue weighted by molar-refractivity contribution is 5.88. The van der Waals surface area contributed by atoms with Gasteiger partial charge in [0.15, 0.2) is 0 Å². The second-order valence-electron chi connectivity index (χ2n) is 4.37. The van der Waals surface area contributed by atoms with Gasteiger partial charge in [0.25, 0.3) is 0 Å². The summed E-state index contributed by atoms with van der Waals surface area (Å²) in [6.07, 6.45) is 2.78. The molecular formula is C15H15N3O2. The molecule has 20 heavy (non-hydrogen) atoms. The van der Waals surface area contributed by atoms with Crippen molar-refractivity contribution in [3.8, 4) is 6.07 Å². The summed E-state index contributed by atoms with van der Waals surface area (Å²) in [6.45, 7) is 4.45. The minimum absolute atomic E-state index is 0.375. The Balaban J connectivity index is 2.04. The highest BCUT2D eigenvalue weighted by Crippen LogP contribution is 2.19. The van der Waals surface area contributed by atoms with Crippen molar-refractivity contribution >= 4 is 5.97 Å². The number of rotatable bonds is 4. The molecule has 5 nitrogen and oxygen atoms in total. The topological polar surface area (TPSA) is 67.9 Å². The van der Waals surface area contributed by atoms with E-state index in [1.165, 1.54) is 6.20 Å². The molecule has 0 unspecified atom stereocenters. The lowest BCUT2D eigenvalue weighted by Crippen LogP contribution is -2.08. The number of esters is 1. The summed E-state index contributed by atoms with van der Waals surface area (Å²) < 4.78 is 7.05. The average molecular weight is 269 g/mol. The van der Waals surface area contributed by atoms with Crippen molar-refractivity contribution in [1.82, 2.24) is 9.78 Å². The molecule has 5 heteroatoms. The van der Waals surface area contributed by atoms with Crippen LogP contribution in [0.15, 0.2) is 36.7 Å². The largest absolute Gasteiger partial charge is 0.454 e. The molecule has 2 rings (SSSR count). The van der Waals surface area contributed by atoms with Gasteiger partial charge < -0.3 is 4.74 Å². The van der Waals surface area contributed by atoms with Gasteiger partial charge in [-0.3, -0.25) is 4.68 Å². The van der Waals surface area contributed by atoms with Gasteiger partial charge >= 0.3 is 5.97 Å². The van der Waals surface area contributed by atoms with Crippen LogP contribution in [0.1, 0.15) is 41.4 Å². The molecule has 0 bridgehead atoms. The normalized spacial score (nSPS) is 11.7. The number of ether oxygens (including phenoxy) is 1. The van der Waals surface area contributed by atoms with Crippen LogP contribution in [0.2, 0.25) is 0 Å². The third-order valence-corrected chi connectivity index (χ3v) is 2.99. The zero-order valence-corrected chi connectivity index (χ0v) is 11.4. The lowest BCUT2D eigenvalue weighted by molar-refractivity contribution is 0.0338. The molecule has 2 aromatic rings. The standard InChI is InChI=1S/C15H15N3O2/c1-3-18-10-14(9-17-18)15(19)20-11(2)13-6-4-12(8-16)5-7-13/h4-7,9-11H,3H2,1-2H3/t11-/m0/s1. The van der Waals surface area contributed by atoms with Crippen LogP contribution < -0.4 is 0 Å². The van der Waals surface area contributed by atoms with Gasteiger partial charge in [0.2, 0.25) is 0 Å². The van der Waals surface area contributed by atoms with Crippen molar-refractivity contribution in [2.24, 2.45) is 0 Å². The molecule has 0 fully saturated rings. The van der Waals surface area contributed by atoms with E-state index in [2.05, 4.69) is 11.2 Å². The zero-order chi connectivity index (χ0) is 14.5. The Morgan fingerprint density at radius 3 is 2.70 bits per heavy atom. The Morgan fingerprint density at radius 1 is 1.45 bits per heavy atom. The Kier molecular flexibility index (Phi) is 4.16. The van der Waals surface area contributed by atoms with Crippen molar-refractivity contribution < 1.29 is 9.53 Å². The van der Waals surface area contributed by atoms with Gasteiger partial charge in [0.1, 0.15) is 6.10 Å². The number of hydrogen-bond acceptors (Lipinski definition) is 4. The quantitative estimate of drug-likeness (QED) is 0.800. The molecule has 0 N–H and O–H groups in total. The molecular weight excluding hydrogens is 254 g/mol. The van der Waals surface area contributed by atoms with Crippen molar-refractivity contribution in [3.63, 3.8) is 0 Å². The van der Waals surface area contributed by atoms with Gasteiger partial charge in [-0.1, -0.05) is 12.1 Å². The molecule has 0 radical (unpaired) electrons. The fourth-order valence-corrected chi connectivity index (χ4v) is 1.77. The van der Waals surface area contributed by atoms with Crippen LogP contribution in [0.5, 0.6) is 0 Å². The number of carbonyl (C=O) groups is 1. The van der Waals surface area contributed by atoms with Crippen LogP contribution in [0.4, 0.5) is 0 Å². The summed E-state index contributed by atoms with van der Waals surface area (Å²) in [7, 11) is 0. The van der Waals surface area contributed by atoms with E-state index in [1.54, 1.807) is 42.1 Å². The highest BCUT2D eigenvalue weighted by Gasteiger charge is 2.15. The fraction of sp³-hybridized carbons (Fsp3) is 0.267. The molecule has 1 aromatic carbocycles. The first kappa shape index (κ1) is 13.8. The van der Waals surface area contributed by atoms with E-state index < -0.39 is 5.97 Å². The Morgan fingerprint density at radius 2 is 2.15 bits per heavy atom. The first-order valence-corrected chi connectivity index (χ1v) is 6.37. The van der Waals surface area contributed by atoms with Crippen LogP contribution in [-0.4, -0.2) is 15.7 Å². The molecule has 1 heterocycles. The maximum atomic E-state index is 12.0. The number of nitriles is 1. The smallest absolute Gasteiger partial charge is 0.341 e. The van der Waals surface area contributed by atoms with E-state index in [1.807, 2.05) is 6.92 Å². The lowest BCUT2D eigenvalue weighted by atomic mass is 10.1. The second-order valence-corrected chi connectivity index (χ2v) is 4.37. The molecule has 1 atom stereocenters. The van der Waals surface area contributed by atoms with E-state index in [0.717, 1.165) is 5.56 Å². The van der Waals surface area contributed by atoms with E-state index in [4.69, 9.17) is 10.00 Å². The molecule has 0 aliphatic heterocycles. The Bertz CT molecular complexity index is 638. The predicted molar refractivity (Wildman–Crippen MR) is 72.9 cm³/mol. The summed E-state index contributed by atoms with van der Waals surface area (Å²) in [5.74, 6) is -0.401. The van der Waals surface area contributed by atoms with Crippen LogP contribution in [0.25, 0.3) is 0 Å². The van der Waals surface area contributed by atoms with Crippen molar-refractivity contribution in [1.29, 1.82) is 5.26 Å². The number of carbonyl (C=O) groups excluding carboxylic acids is 1. The van der Waals surface area contributed by atoms with Crippen LogP contribution in [0, 0.1) is 11.3 Å². The van der Waals surface area contributed by atoms with Crippen molar-refractivity contribution in [2.75, 3.05) is 0 Å². The summed E-state index contributed by atoms with van der Waals surface area (Å²) in [4.78, 5) is 12.0. The third-order valence-electron chi connectivity index (χ3n) is 2.99. The molecule has 0 saturated heterocycles. The fourth-order valence-electron chi connectivity index (χ4n) is 1.77. The summed E-state index contributed by atoms with van der Waals surface area (Å²) in [6, 6.07) is 9.02. The molecule has 102 valence electrons. The van der Waals surface area contributed by atoms with E-state index in [-0.39, 0.29) is 6.10 Å². The summed E-state index contributed by atoms with van der Waals surface area (Å²) >= 11 is 0. The number of aryl methyl sites for hydroxylation is 1. The average Bonchev–Trinajstić information content (AvgIpc) is 2.96. The lowest BCUT2D eigenvalue weighted by Gasteiger charge is -2.12. The van der Waals surface area contributed by atoms with Crippen LogP contribution in [-0.2, 0) is 11.3 Å². The van der Waals surface area contributed by atoms with E-state index in [9.17, 15) is 4.79 Å². The number of nitrogens with zero attached hydrogens (tertiary/aromatic N) is 3. The van der Waals surface area contributed by atoms with Crippen molar-refractivity contribution in [2.45, 2.75) is 26.5 Å². The molecule has 0 aliphatic carbocycles. The summed E-state index contributed by atoms with van der Waals surface area (Å²) in [5.41, 5.74) is 1.86. The number of benzene rings is 1. The van der Waals surface area contributed by atoms with Gasteiger partial charge in [-0.05, 0) is 31.5 Å². The monoisotopic (exact) mass is 269 g/mol. The Labute approximate surface area is 117 Å². The van der Waals surface area contributed by atoms with Crippen LogP contribution in [0.3, 0.4) is 0 Å². The van der Waals surface area contributed by atoms with E-state index >= 15 is 0 Å². The minimum Gasteiger partial charge on any atom is -0.454 e. The minimum atomic E-state index is -0.401. The molecule has 1 aromatic heterocycles. The molecule has 0 spiro atoms. The van der Waals surface area contributed by atoms with E-state index in [0.29, 0.717) is 17.7 Å². The van der Waals surface area contributed by atoms with Crippen LogP contribution >= 0.6 is 0 Å². The Hall–Kier alpha value is -2.61. The SMILES string of the molecule is CCn1cc(C(=O)O[C@@H](C)c2ccc(C#N)cc2)cn1. The first-order chi connectivity index (χ1) is 9.63. The maximum absolute atomic E-state index is 12.0. The molecule has 0 amide bonds. The first-order valence-electron chi connectivity index (χ1n) is 6.37.